The highest BCUT2D eigenvalue weighted by atomic mass is 16.3. The molecule has 0 bridgehead atoms. The van der Waals surface area contributed by atoms with E-state index in [-0.39, 0.29) is 18.1 Å². The van der Waals surface area contributed by atoms with E-state index in [1.54, 1.807) is 0 Å². The zero-order chi connectivity index (χ0) is 9.03. The zero-order valence-corrected chi connectivity index (χ0v) is 7.92. The second-order valence-electron chi connectivity index (χ2n) is 4.03. The van der Waals surface area contributed by atoms with Crippen LogP contribution in [0.5, 0.6) is 0 Å². The summed E-state index contributed by atoms with van der Waals surface area (Å²) in [5.74, 6) is 0. The van der Waals surface area contributed by atoms with Gasteiger partial charge in [0.2, 0.25) is 0 Å². The Morgan fingerprint density at radius 2 is 1.92 bits per heavy atom. The van der Waals surface area contributed by atoms with Crippen molar-refractivity contribution in [3.8, 4) is 0 Å². The number of hydrogen-bond donors (Lipinski definition) is 2. The minimum absolute atomic E-state index is 0.143. The molecule has 1 aliphatic rings. The predicted octanol–water partition coefficient (Wildman–Crippen LogP) is 1.70. The molecule has 0 aliphatic heterocycles. The molecule has 0 aromatic rings. The van der Waals surface area contributed by atoms with Crippen molar-refractivity contribution in [2.24, 2.45) is 5.41 Å². The number of aliphatic hydroxyl groups excluding tert-OH is 2. The number of hydrogen-bond acceptors (Lipinski definition) is 2. The monoisotopic (exact) mass is 172 g/mol. The van der Waals surface area contributed by atoms with Crippen LogP contribution in [0.3, 0.4) is 0 Å². The topological polar surface area (TPSA) is 40.5 Å². The summed E-state index contributed by atoms with van der Waals surface area (Å²) < 4.78 is 0. The lowest BCUT2D eigenvalue weighted by atomic mass is 9.79. The molecule has 0 aromatic carbocycles. The quantitative estimate of drug-likeness (QED) is 0.677. The van der Waals surface area contributed by atoms with E-state index >= 15 is 0 Å². The Hall–Kier alpha value is -0.0800. The van der Waals surface area contributed by atoms with Crippen LogP contribution in [0.4, 0.5) is 0 Å². The highest BCUT2D eigenvalue weighted by Gasteiger charge is 2.39. The van der Waals surface area contributed by atoms with E-state index in [2.05, 4.69) is 6.92 Å². The molecule has 72 valence electrons. The van der Waals surface area contributed by atoms with Crippen molar-refractivity contribution in [3.63, 3.8) is 0 Å². The normalized spacial score (nSPS) is 24.2. The summed E-state index contributed by atoms with van der Waals surface area (Å²) >= 11 is 0. The summed E-state index contributed by atoms with van der Waals surface area (Å²) in [5.41, 5.74) is -0.143. The van der Waals surface area contributed by atoms with Crippen LogP contribution in [-0.4, -0.2) is 22.9 Å². The van der Waals surface area contributed by atoms with Crippen LogP contribution in [0, 0.1) is 5.41 Å². The molecule has 0 spiro atoms. The largest absolute Gasteiger partial charge is 0.396 e. The van der Waals surface area contributed by atoms with Gasteiger partial charge in [0.05, 0.1) is 12.7 Å². The van der Waals surface area contributed by atoms with E-state index in [9.17, 15) is 10.2 Å². The van der Waals surface area contributed by atoms with Gasteiger partial charge in [0.25, 0.3) is 0 Å². The van der Waals surface area contributed by atoms with Gasteiger partial charge in [-0.25, -0.2) is 0 Å². The van der Waals surface area contributed by atoms with Crippen LogP contribution in [0.15, 0.2) is 0 Å². The summed E-state index contributed by atoms with van der Waals surface area (Å²) in [6, 6.07) is 0. The van der Waals surface area contributed by atoms with Crippen molar-refractivity contribution < 1.29 is 10.2 Å². The molecular formula is C10H20O2. The zero-order valence-electron chi connectivity index (χ0n) is 7.92. The first-order valence-corrected chi connectivity index (χ1v) is 5.04. The first-order chi connectivity index (χ1) is 5.75. The minimum atomic E-state index is -0.282. The van der Waals surface area contributed by atoms with Gasteiger partial charge in [-0.1, -0.05) is 26.2 Å². The lowest BCUT2D eigenvalue weighted by molar-refractivity contribution is -0.0182. The van der Waals surface area contributed by atoms with Gasteiger partial charge in [-0.05, 0) is 19.3 Å². The van der Waals surface area contributed by atoms with E-state index in [0.717, 1.165) is 25.7 Å². The predicted molar refractivity (Wildman–Crippen MR) is 48.9 cm³/mol. The Balaban J connectivity index is 2.52. The molecule has 0 unspecified atom stereocenters. The van der Waals surface area contributed by atoms with Gasteiger partial charge in [0.15, 0.2) is 0 Å². The van der Waals surface area contributed by atoms with Crippen LogP contribution in [0.25, 0.3) is 0 Å². The fraction of sp³-hybridized carbons (Fsp3) is 1.00. The lowest BCUT2D eigenvalue weighted by Crippen LogP contribution is -2.35. The third-order valence-electron chi connectivity index (χ3n) is 3.18. The highest BCUT2D eigenvalue weighted by Crippen LogP contribution is 2.41. The first kappa shape index (κ1) is 10.0. The Morgan fingerprint density at radius 1 is 1.33 bits per heavy atom. The molecule has 0 aromatic heterocycles. The van der Waals surface area contributed by atoms with E-state index < -0.39 is 0 Å². The molecule has 0 saturated heterocycles. The van der Waals surface area contributed by atoms with Gasteiger partial charge in [-0.2, -0.15) is 0 Å². The third kappa shape index (κ3) is 1.80. The van der Waals surface area contributed by atoms with E-state index in [1.807, 2.05) is 0 Å². The Labute approximate surface area is 74.6 Å². The van der Waals surface area contributed by atoms with Crippen LogP contribution in [0.1, 0.15) is 45.4 Å². The SMILES string of the molecule is CCC[C@H](O)C1(CO)CCCC1. The Bertz CT molecular complexity index is 128. The maximum absolute atomic E-state index is 9.84. The standard InChI is InChI=1S/C10H20O2/c1-2-5-9(12)10(8-11)6-3-4-7-10/h9,11-12H,2-8H2,1H3/t9-/m0/s1. The molecule has 0 radical (unpaired) electrons. The molecule has 12 heavy (non-hydrogen) atoms. The van der Waals surface area contributed by atoms with E-state index in [1.165, 1.54) is 12.8 Å². The van der Waals surface area contributed by atoms with Crippen LogP contribution in [0.2, 0.25) is 0 Å². The fourth-order valence-electron chi connectivity index (χ4n) is 2.26. The number of rotatable bonds is 4. The van der Waals surface area contributed by atoms with Crippen LogP contribution in [-0.2, 0) is 0 Å². The van der Waals surface area contributed by atoms with Crippen molar-refractivity contribution in [1.82, 2.24) is 0 Å². The molecule has 1 fully saturated rings. The van der Waals surface area contributed by atoms with Gasteiger partial charge in [-0.15, -0.1) is 0 Å². The summed E-state index contributed by atoms with van der Waals surface area (Å²) in [6.07, 6.45) is 5.90. The van der Waals surface area contributed by atoms with Crippen molar-refractivity contribution >= 4 is 0 Å². The molecular weight excluding hydrogens is 152 g/mol. The molecule has 1 saturated carbocycles. The van der Waals surface area contributed by atoms with Crippen LogP contribution >= 0.6 is 0 Å². The Morgan fingerprint density at radius 3 is 2.33 bits per heavy atom. The Kier molecular flexibility index (Phi) is 3.53. The maximum atomic E-state index is 9.84. The molecule has 0 amide bonds. The summed E-state index contributed by atoms with van der Waals surface area (Å²) in [4.78, 5) is 0. The van der Waals surface area contributed by atoms with Gasteiger partial charge in [0.1, 0.15) is 0 Å². The van der Waals surface area contributed by atoms with Gasteiger partial charge in [0, 0.05) is 5.41 Å². The fourth-order valence-corrected chi connectivity index (χ4v) is 2.26. The second-order valence-corrected chi connectivity index (χ2v) is 4.03. The third-order valence-corrected chi connectivity index (χ3v) is 3.18. The second kappa shape index (κ2) is 4.24. The van der Waals surface area contributed by atoms with Crippen LogP contribution < -0.4 is 0 Å². The molecule has 2 heteroatoms. The van der Waals surface area contributed by atoms with Gasteiger partial charge in [-0.3, -0.25) is 0 Å². The smallest absolute Gasteiger partial charge is 0.0618 e. The molecule has 1 rings (SSSR count). The average molecular weight is 172 g/mol. The van der Waals surface area contributed by atoms with Crippen molar-refractivity contribution in [2.45, 2.75) is 51.6 Å². The molecule has 1 atom stereocenters. The van der Waals surface area contributed by atoms with Crippen molar-refractivity contribution in [3.05, 3.63) is 0 Å². The number of aliphatic hydroxyl groups is 2. The van der Waals surface area contributed by atoms with Gasteiger partial charge < -0.3 is 10.2 Å². The highest BCUT2D eigenvalue weighted by molar-refractivity contribution is 4.89. The lowest BCUT2D eigenvalue weighted by Gasteiger charge is -2.32. The van der Waals surface area contributed by atoms with E-state index in [4.69, 9.17) is 0 Å². The maximum Gasteiger partial charge on any atom is 0.0618 e. The van der Waals surface area contributed by atoms with E-state index in [0.29, 0.717) is 0 Å². The molecule has 1 aliphatic carbocycles. The first-order valence-electron chi connectivity index (χ1n) is 5.04. The summed E-state index contributed by atoms with van der Waals surface area (Å²) in [5, 5.41) is 19.1. The van der Waals surface area contributed by atoms with Crippen molar-refractivity contribution in [2.75, 3.05) is 6.61 Å². The van der Waals surface area contributed by atoms with Crippen molar-refractivity contribution in [1.29, 1.82) is 0 Å². The summed E-state index contributed by atoms with van der Waals surface area (Å²) in [6.45, 7) is 2.23. The average Bonchev–Trinajstić information content (AvgIpc) is 2.54. The molecule has 2 nitrogen and oxygen atoms in total. The molecule has 0 heterocycles. The summed E-state index contributed by atoms with van der Waals surface area (Å²) in [7, 11) is 0. The van der Waals surface area contributed by atoms with Gasteiger partial charge >= 0.3 is 0 Å². The minimum Gasteiger partial charge on any atom is -0.396 e. The molecule has 2 N–H and O–H groups in total.